The van der Waals surface area contributed by atoms with Gasteiger partial charge in [0.2, 0.25) is 5.43 Å². The third-order valence-corrected chi connectivity index (χ3v) is 3.70. The van der Waals surface area contributed by atoms with Crippen molar-refractivity contribution < 1.29 is 9.52 Å². The Balaban J connectivity index is 2.04. The standard InChI is InChI=1S/C17H16ClNO3/c1-10(20)8-19-9-11-2-5-15-14(6-11)17(21)13-4-3-12(18)7-16(13)22-15/h2-7,10,19-20H,8-9H2,1H3/t10-/m1/s1. The molecule has 0 fully saturated rings. The van der Waals surface area contributed by atoms with E-state index in [4.69, 9.17) is 16.0 Å². The maximum absolute atomic E-state index is 12.6. The molecule has 0 aliphatic carbocycles. The minimum Gasteiger partial charge on any atom is -0.456 e. The number of nitrogens with one attached hydrogen (secondary N) is 1. The van der Waals surface area contributed by atoms with Gasteiger partial charge in [0, 0.05) is 24.2 Å². The Labute approximate surface area is 132 Å². The molecule has 1 heterocycles. The van der Waals surface area contributed by atoms with E-state index in [1.165, 1.54) is 0 Å². The minimum absolute atomic E-state index is 0.0645. The lowest BCUT2D eigenvalue weighted by Crippen LogP contribution is -2.23. The zero-order valence-electron chi connectivity index (χ0n) is 12.1. The van der Waals surface area contributed by atoms with Crippen LogP contribution in [-0.4, -0.2) is 17.8 Å². The summed E-state index contributed by atoms with van der Waals surface area (Å²) in [5, 5.41) is 14.0. The average molecular weight is 318 g/mol. The first-order valence-corrected chi connectivity index (χ1v) is 7.46. The molecule has 3 aromatic rings. The first-order chi connectivity index (χ1) is 10.5. The third kappa shape index (κ3) is 2.99. The Morgan fingerprint density at radius 2 is 2.00 bits per heavy atom. The third-order valence-electron chi connectivity index (χ3n) is 3.47. The quantitative estimate of drug-likeness (QED) is 0.726. The van der Waals surface area contributed by atoms with E-state index < -0.39 is 6.10 Å². The smallest absolute Gasteiger partial charge is 0.200 e. The Hall–Kier alpha value is -1.88. The van der Waals surface area contributed by atoms with Crippen LogP contribution >= 0.6 is 11.6 Å². The van der Waals surface area contributed by atoms with Crippen LogP contribution in [0.3, 0.4) is 0 Å². The Morgan fingerprint density at radius 3 is 2.77 bits per heavy atom. The largest absolute Gasteiger partial charge is 0.456 e. The van der Waals surface area contributed by atoms with Gasteiger partial charge in [0.25, 0.3) is 0 Å². The lowest BCUT2D eigenvalue weighted by Gasteiger charge is -2.08. The van der Waals surface area contributed by atoms with E-state index in [0.29, 0.717) is 40.1 Å². The highest BCUT2D eigenvalue weighted by atomic mass is 35.5. The van der Waals surface area contributed by atoms with Crippen molar-refractivity contribution in [3.8, 4) is 0 Å². The Bertz CT molecular complexity index is 886. The molecule has 0 unspecified atom stereocenters. The van der Waals surface area contributed by atoms with Crippen molar-refractivity contribution in [3.05, 3.63) is 57.2 Å². The first-order valence-electron chi connectivity index (χ1n) is 7.08. The second-order valence-corrected chi connectivity index (χ2v) is 5.82. The number of hydrogen-bond acceptors (Lipinski definition) is 4. The van der Waals surface area contributed by atoms with Crippen LogP contribution in [0.15, 0.2) is 45.6 Å². The number of hydrogen-bond donors (Lipinski definition) is 2. The maximum Gasteiger partial charge on any atom is 0.200 e. The number of halogens is 1. The molecule has 5 heteroatoms. The van der Waals surface area contributed by atoms with Crippen LogP contribution in [0.1, 0.15) is 12.5 Å². The van der Waals surface area contributed by atoms with Crippen LogP contribution in [0.25, 0.3) is 21.9 Å². The maximum atomic E-state index is 12.6. The van der Waals surface area contributed by atoms with Crippen LogP contribution in [0.2, 0.25) is 5.02 Å². The van der Waals surface area contributed by atoms with Crippen molar-refractivity contribution >= 4 is 33.5 Å². The summed E-state index contributed by atoms with van der Waals surface area (Å²) < 4.78 is 5.76. The summed E-state index contributed by atoms with van der Waals surface area (Å²) in [6.07, 6.45) is -0.404. The normalized spacial score (nSPS) is 12.9. The summed E-state index contributed by atoms with van der Waals surface area (Å²) in [5.41, 5.74) is 1.93. The van der Waals surface area contributed by atoms with Crippen LogP contribution in [0.5, 0.6) is 0 Å². The summed E-state index contributed by atoms with van der Waals surface area (Å²) in [4.78, 5) is 12.6. The topological polar surface area (TPSA) is 62.5 Å². The number of aliphatic hydroxyl groups is 1. The van der Waals surface area contributed by atoms with Gasteiger partial charge in [0.15, 0.2) is 0 Å². The summed E-state index contributed by atoms with van der Waals surface area (Å²) in [5.74, 6) is 0. The van der Waals surface area contributed by atoms with Crippen LogP contribution in [-0.2, 0) is 6.54 Å². The summed E-state index contributed by atoms with van der Waals surface area (Å²) in [6, 6.07) is 10.5. The second kappa shape index (κ2) is 6.08. The van der Waals surface area contributed by atoms with Gasteiger partial charge in [-0.1, -0.05) is 17.7 Å². The van der Waals surface area contributed by atoms with Gasteiger partial charge >= 0.3 is 0 Å². The molecular weight excluding hydrogens is 302 g/mol. The van der Waals surface area contributed by atoms with Crippen LogP contribution < -0.4 is 10.7 Å². The molecule has 0 radical (unpaired) electrons. The Kier molecular flexibility index (Phi) is 4.16. The minimum atomic E-state index is -0.404. The van der Waals surface area contributed by atoms with Crippen molar-refractivity contribution in [2.45, 2.75) is 19.6 Å². The fourth-order valence-corrected chi connectivity index (χ4v) is 2.57. The molecule has 0 spiro atoms. The molecule has 2 aromatic carbocycles. The van der Waals surface area contributed by atoms with Crippen molar-refractivity contribution in [1.29, 1.82) is 0 Å². The zero-order chi connectivity index (χ0) is 15.7. The highest BCUT2D eigenvalue weighted by Gasteiger charge is 2.09. The van der Waals surface area contributed by atoms with Gasteiger partial charge in [-0.25, -0.2) is 0 Å². The molecule has 0 amide bonds. The van der Waals surface area contributed by atoms with Crippen LogP contribution in [0, 0.1) is 0 Å². The lowest BCUT2D eigenvalue weighted by atomic mass is 10.1. The molecule has 0 aliphatic rings. The van der Waals surface area contributed by atoms with Gasteiger partial charge in [-0.15, -0.1) is 0 Å². The Morgan fingerprint density at radius 1 is 1.18 bits per heavy atom. The molecular formula is C17H16ClNO3. The molecule has 0 saturated heterocycles. The van der Waals surface area contributed by atoms with Gasteiger partial charge in [-0.3, -0.25) is 4.79 Å². The summed E-state index contributed by atoms with van der Waals surface area (Å²) >= 11 is 5.94. The predicted octanol–water partition coefficient (Wildman–Crippen LogP) is 3.07. The SMILES string of the molecule is C[C@@H](O)CNCc1ccc2oc3cc(Cl)ccc3c(=O)c2c1. The molecule has 2 N–H and O–H groups in total. The summed E-state index contributed by atoms with van der Waals surface area (Å²) in [7, 11) is 0. The van der Waals surface area contributed by atoms with Crippen molar-refractivity contribution in [3.63, 3.8) is 0 Å². The first kappa shape index (κ1) is 15.0. The van der Waals surface area contributed by atoms with Gasteiger partial charge in [0.1, 0.15) is 11.2 Å². The fourth-order valence-electron chi connectivity index (χ4n) is 2.41. The lowest BCUT2D eigenvalue weighted by molar-refractivity contribution is 0.191. The molecule has 1 atom stereocenters. The average Bonchev–Trinajstić information content (AvgIpc) is 2.47. The second-order valence-electron chi connectivity index (χ2n) is 5.38. The van der Waals surface area contributed by atoms with Crippen molar-refractivity contribution in [2.24, 2.45) is 0 Å². The van der Waals surface area contributed by atoms with Gasteiger partial charge in [-0.05, 0) is 36.8 Å². The zero-order valence-corrected chi connectivity index (χ0v) is 12.9. The van der Waals surface area contributed by atoms with Gasteiger partial charge in [0.05, 0.1) is 16.9 Å². The molecule has 22 heavy (non-hydrogen) atoms. The van der Waals surface area contributed by atoms with E-state index in [1.54, 1.807) is 31.2 Å². The molecule has 0 saturated carbocycles. The molecule has 4 nitrogen and oxygen atoms in total. The van der Waals surface area contributed by atoms with E-state index >= 15 is 0 Å². The van der Waals surface area contributed by atoms with E-state index in [9.17, 15) is 9.90 Å². The van der Waals surface area contributed by atoms with Gasteiger partial charge < -0.3 is 14.8 Å². The molecule has 0 aliphatic heterocycles. The number of benzene rings is 2. The summed E-state index contributed by atoms with van der Waals surface area (Å²) in [6.45, 7) is 2.81. The number of aliphatic hydroxyl groups excluding tert-OH is 1. The molecule has 1 aromatic heterocycles. The highest BCUT2D eigenvalue weighted by molar-refractivity contribution is 6.31. The van der Waals surface area contributed by atoms with E-state index in [-0.39, 0.29) is 5.43 Å². The fraction of sp³-hybridized carbons (Fsp3) is 0.235. The van der Waals surface area contributed by atoms with E-state index in [1.807, 2.05) is 12.1 Å². The van der Waals surface area contributed by atoms with Crippen molar-refractivity contribution in [2.75, 3.05) is 6.54 Å². The van der Waals surface area contributed by atoms with Gasteiger partial charge in [-0.2, -0.15) is 0 Å². The van der Waals surface area contributed by atoms with E-state index in [2.05, 4.69) is 5.32 Å². The monoisotopic (exact) mass is 317 g/mol. The predicted molar refractivity (Wildman–Crippen MR) is 88.4 cm³/mol. The van der Waals surface area contributed by atoms with Crippen molar-refractivity contribution in [1.82, 2.24) is 5.32 Å². The number of rotatable bonds is 4. The van der Waals surface area contributed by atoms with Crippen LogP contribution in [0.4, 0.5) is 0 Å². The number of fused-ring (bicyclic) bond motifs is 2. The molecule has 114 valence electrons. The molecule has 3 rings (SSSR count). The molecule has 0 bridgehead atoms. The highest BCUT2D eigenvalue weighted by Crippen LogP contribution is 2.22. The van der Waals surface area contributed by atoms with E-state index in [0.717, 1.165) is 5.56 Å².